The minimum absolute atomic E-state index is 0.0434. The van der Waals surface area contributed by atoms with E-state index in [1.807, 2.05) is 6.07 Å². The highest BCUT2D eigenvalue weighted by molar-refractivity contribution is 6.04. The van der Waals surface area contributed by atoms with Crippen LogP contribution < -0.4 is 21.3 Å². The molecule has 0 aromatic heterocycles. The van der Waals surface area contributed by atoms with Crippen LogP contribution >= 0.6 is 0 Å². The molecule has 7 nitrogen and oxygen atoms in total. The molecule has 4 aliphatic carbocycles. The Kier molecular flexibility index (Phi) is 6.94. The van der Waals surface area contributed by atoms with E-state index in [1.165, 1.54) is 43.5 Å². The molecule has 0 aliphatic heterocycles. The van der Waals surface area contributed by atoms with Crippen molar-refractivity contribution in [1.29, 1.82) is 0 Å². The number of carbonyl (C=O) groups excluding carboxylic acids is 3. The molecule has 4 saturated carbocycles. The molecule has 6 rings (SSSR count). The zero-order valence-corrected chi connectivity index (χ0v) is 20.3. The molecule has 36 heavy (non-hydrogen) atoms. The Morgan fingerprint density at radius 3 is 2.22 bits per heavy atom. The molecular weight excluding hydrogens is 459 g/mol. The minimum atomic E-state index is -0.400. The predicted molar refractivity (Wildman–Crippen MR) is 135 cm³/mol. The summed E-state index contributed by atoms with van der Waals surface area (Å²) in [5.74, 6) is 1.38. The van der Waals surface area contributed by atoms with E-state index in [2.05, 4.69) is 21.3 Å². The zero-order chi connectivity index (χ0) is 25.1. The molecule has 2 aromatic rings. The van der Waals surface area contributed by atoms with Gasteiger partial charge in [0, 0.05) is 36.3 Å². The number of amides is 4. The number of hydrogen-bond donors (Lipinski definition) is 4. The van der Waals surface area contributed by atoms with Crippen LogP contribution in [0.25, 0.3) is 0 Å². The maximum Gasteiger partial charge on any atom is 0.315 e. The highest BCUT2D eigenvalue weighted by atomic mass is 19.1. The first-order chi connectivity index (χ1) is 17.4. The Hall–Kier alpha value is -3.42. The molecule has 0 spiro atoms. The van der Waals surface area contributed by atoms with E-state index >= 15 is 0 Å². The smallest absolute Gasteiger partial charge is 0.315 e. The molecular formula is C28H33FN4O3. The van der Waals surface area contributed by atoms with Gasteiger partial charge in [-0.2, -0.15) is 0 Å². The molecule has 0 atom stereocenters. The second kappa shape index (κ2) is 10.3. The van der Waals surface area contributed by atoms with Crippen molar-refractivity contribution in [2.75, 3.05) is 11.9 Å². The van der Waals surface area contributed by atoms with Crippen LogP contribution in [0.1, 0.15) is 60.9 Å². The lowest BCUT2D eigenvalue weighted by Crippen LogP contribution is -2.61. The third kappa shape index (κ3) is 5.86. The summed E-state index contributed by atoms with van der Waals surface area (Å²) in [4.78, 5) is 37.2. The Balaban J connectivity index is 1.03. The number of hydrogen-bond acceptors (Lipinski definition) is 3. The first kappa shape index (κ1) is 24.3. The van der Waals surface area contributed by atoms with E-state index in [-0.39, 0.29) is 36.3 Å². The summed E-state index contributed by atoms with van der Waals surface area (Å²) >= 11 is 0. The second-order valence-electron chi connectivity index (χ2n) is 10.8. The summed E-state index contributed by atoms with van der Waals surface area (Å²) < 4.78 is 13.1. The zero-order valence-electron chi connectivity index (χ0n) is 20.3. The fourth-order valence-corrected chi connectivity index (χ4v) is 6.69. The Morgan fingerprint density at radius 2 is 1.56 bits per heavy atom. The minimum Gasteiger partial charge on any atom is -0.352 e. The molecule has 0 unspecified atom stereocenters. The Bertz CT molecular complexity index is 1100. The predicted octanol–water partition coefficient (Wildman–Crippen LogP) is 4.35. The molecule has 4 aliphatic rings. The molecule has 0 radical (unpaired) electrons. The third-order valence-corrected chi connectivity index (χ3v) is 7.84. The van der Waals surface area contributed by atoms with Crippen LogP contribution in [0.4, 0.5) is 14.9 Å². The quantitative estimate of drug-likeness (QED) is 0.441. The number of nitrogens with one attached hydrogen (secondary N) is 4. The summed E-state index contributed by atoms with van der Waals surface area (Å²) in [7, 11) is 0. The van der Waals surface area contributed by atoms with Gasteiger partial charge in [-0.15, -0.1) is 0 Å². The van der Waals surface area contributed by atoms with Crippen molar-refractivity contribution in [3.63, 3.8) is 0 Å². The largest absolute Gasteiger partial charge is 0.352 e. The van der Waals surface area contributed by atoms with Crippen molar-refractivity contribution < 1.29 is 18.8 Å². The van der Waals surface area contributed by atoms with Crippen molar-refractivity contribution in [3.8, 4) is 0 Å². The number of halogens is 1. The lowest BCUT2D eigenvalue weighted by atomic mass is 9.53. The van der Waals surface area contributed by atoms with Gasteiger partial charge >= 0.3 is 6.03 Å². The van der Waals surface area contributed by atoms with Crippen LogP contribution in [0.15, 0.2) is 48.5 Å². The summed E-state index contributed by atoms with van der Waals surface area (Å²) in [5.41, 5.74) is 1.72. The maximum atomic E-state index is 13.1. The normalized spacial score (nSPS) is 25.8. The van der Waals surface area contributed by atoms with Gasteiger partial charge in [-0.1, -0.05) is 12.1 Å². The number of urea groups is 1. The van der Waals surface area contributed by atoms with Gasteiger partial charge in [-0.25, -0.2) is 9.18 Å². The Labute approximate surface area is 210 Å². The monoisotopic (exact) mass is 492 g/mol. The van der Waals surface area contributed by atoms with Gasteiger partial charge < -0.3 is 21.3 Å². The lowest BCUT2D eigenvalue weighted by molar-refractivity contribution is -0.121. The molecule has 0 saturated heterocycles. The first-order valence-electron chi connectivity index (χ1n) is 12.8. The third-order valence-electron chi connectivity index (χ3n) is 7.84. The number of carbonyl (C=O) groups is 3. The fourth-order valence-electron chi connectivity index (χ4n) is 6.69. The summed E-state index contributed by atoms with van der Waals surface area (Å²) in [5, 5.41) is 11.7. The van der Waals surface area contributed by atoms with Crippen LogP contribution in [0, 0.1) is 23.6 Å². The molecule has 8 heteroatoms. The van der Waals surface area contributed by atoms with E-state index in [9.17, 15) is 18.8 Å². The van der Waals surface area contributed by atoms with Crippen LogP contribution in [-0.2, 0) is 11.3 Å². The number of benzene rings is 2. The van der Waals surface area contributed by atoms with Gasteiger partial charge in [-0.05, 0) is 98.2 Å². The SMILES string of the molecule is O=C(CCNC(=O)NC12CC3CC(CC(C3)C1)C2)NCc1cccc(NC(=O)c2ccc(F)cc2)c1. The molecule has 0 heterocycles. The summed E-state index contributed by atoms with van der Waals surface area (Å²) in [6, 6.07) is 12.3. The van der Waals surface area contributed by atoms with Gasteiger partial charge in [0.1, 0.15) is 5.82 Å². The van der Waals surface area contributed by atoms with Gasteiger partial charge in [0.2, 0.25) is 5.91 Å². The number of anilines is 1. The van der Waals surface area contributed by atoms with Crippen molar-refractivity contribution >= 4 is 23.5 Å². The van der Waals surface area contributed by atoms with Crippen molar-refractivity contribution in [3.05, 3.63) is 65.5 Å². The van der Waals surface area contributed by atoms with E-state index in [1.54, 1.807) is 18.2 Å². The maximum absolute atomic E-state index is 13.1. The van der Waals surface area contributed by atoms with E-state index in [0.29, 0.717) is 17.8 Å². The molecule has 4 bridgehead atoms. The number of rotatable bonds is 8. The van der Waals surface area contributed by atoms with Gasteiger partial charge in [0.25, 0.3) is 5.91 Å². The second-order valence-corrected chi connectivity index (χ2v) is 10.8. The molecule has 4 fully saturated rings. The van der Waals surface area contributed by atoms with Gasteiger partial charge in [-0.3, -0.25) is 9.59 Å². The van der Waals surface area contributed by atoms with Crippen molar-refractivity contribution in [2.45, 2.75) is 57.0 Å². The first-order valence-corrected chi connectivity index (χ1v) is 12.8. The topological polar surface area (TPSA) is 99.3 Å². The molecule has 2 aromatic carbocycles. The van der Waals surface area contributed by atoms with Crippen molar-refractivity contribution in [2.24, 2.45) is 17.8 Å². The van der Waals surface area contributed by atoms with Crippen LogP contribution in [-0.4, -0.2) is 29.9 Å². The fraction of sp³-hybridized carbons (Fsp3) is 0.464. The van der Waals surface area contributed by atoms with Crippen LogP contribution in [0.5, 0.6) is 0 Å². The molecule has 4 amide bonds. The van der Waals surface area contributed by atoms with E-state index < -0.39 is 5.82 Å². The van der Waals surface area contributed by atoms with E-state index in [4.69, 9.17) is 0 Å². The molecule has 190 valence electrons. The summed E-state index contributed by atoms with van der Waals surface area (Å²) in [6.45, 7) is 0.580. The highest BCUT2D eigenvalue weighted by Crippen LogP contribution is 2.55. The average molecular weight is 493 g/mol. The average Bonchev–Trinajstić information content (AvgIpc) is 2.82. The standard InChI is InChI=1S/C28H33FN4O3/c29-23-6-4-22(5-7-23)26(35)32-24-3-1-2-18(13-24)17-31-25(34)8-9-30-27(36)33-28-14-19-10-20(15-28)12-21(11-19)16-28/h1-7,13,19-21H,8-12,14-17H2,(H,31,34)(H,32,35)(H2,30,33,36). The van der Waals surface area contributed by atoms with Crippen molar-refractivity contribution in [1.82, 2.24) is 16.0 Å². The molecule has 4 N–H and O–H groups in total. The van der Waals surface area contributed by atoms with Crippen LogP contribution in [0.3, 0.4) is 0 Å². The highest BCUT2D eigenvalue weighted by Gasteiger charge is 2.51. The lowest BCUT2D eigenvalue weighted by Gasteiger charge is -2.56. The van der Waals surface area contributed by atoms with Crippen LogP contribution in [0.2, 0.25) is 0 Å². The van der Waals surface area contributed by atoms with E-state index in [0.717, 1.165) is 42.6 Å². The van der Waals surface area contributed by atoms with Gasteiger partial charge in [0.15, 0.2) is 0 Å². The van der Waals surface area contributed by atoms with Gasteiger partial charge in [0.05, 0.1) is 0 Å². The summed E-state index contributed by atoms with van der Waals surface area (Å²) in [6.07, 6.45) is 7.45. The Morgan fingerprint density at radius 1 is 0.889 bits per heavy atom.